The van der Waals surface area contributed by atoms with E-state index in [0.717, 1.165) is 31.3 Å². The lowest BCUT2D eigenvalue weighted by Gasteiger charge is -2.16. The summed E-state index contributed by atoms with van der Waals surface area (Å²) in [6, 6.07) is 11.0. The first-order valence-electron chi connectivity index (χ1n) is 14.2. The van der Waals surface area contributed by atoms with Crippen molar-refractivity contribution >= 4 is 29.3 Å². The summed E-state index contributed by atoms with van der Waals surface area (Å²) in [7, 11) is 0. The number of ether oxygens (including phenoxy) is 3. The van der Waals surface area contributed by atoms with E-state index in [4.69, 9.17) is 25.8 Å². The highest BCUT2D eigenvalue weighted by molar-refractivity contribution is 6.33. The van der Waals surface area contributed by atoms with E-state index in [1.165, 1.54) is 50.0 Å². The number of unbranched alkanes of at least 4 members (excludes halogenated alkanes) is 5. The fourth-order valence-electron chi connectivity index (χ4n) is 4.27. The molecular weight excluding hydrogens is 528 g/mol. The van der Waals surface area contributed by atoms with Crippen LogP contribution in [0.4, 0.5) is 0 Å². The zero-order chi connectivity index (χ0) is 28.9. The summed E-state index contributed by atoms with van der Waals surface area (Å²) in [5, 5.41) is 0.0469. The number of halogens is 1. The number of carbonyl (C=O) groups is 3. The van der Waals surface area contributed by atoms with Crippen LogP contribution in [0.25, 0.3) is 0 Å². The van der Waals surface area contributed by atoms with Crippen LogP contribution in [0.5, 0.6) is 11.5 Å². The highest BCUT2D eigenvalue weighted by Gasteiger charge is 2.23. The smallest absolute Gasteiger partial charge is 0.345 e. The van der Waals surface area contributed by atoms with Gasteiger partial charge in [0, 0.05) is 12.5 Å². The average molecular weight is 567 g/mol. The Hall–Kier alpha value is -3.38. The van der Waals surface area contributed by atoms with E-state index < -0.39 is 11.9 Å². The minimum atomic E-state index is -0.752. The van der Waals surface area contributed by atoms with Gasteiger partial charge in [-0.05, 0) is 61.2 Å². The van der Waals surface area contributed by atoms with Gasteiger partial charge in [0.15, 0.2) is 5.76 Å². The second-order valence-corrected chi connectivity index (χ2v) is 10.6. The normalized spacial score (nSPS) is 13.8. The molecular formula is C33H39ClO6. The Kier molecular flexibility index (Phi) is 12.5. The maximum atomic E-state index is 12.7. The molecule has 1 aliphatic carbocycles. The molecule has 7 heteroatoms. The van der Waals surface area contributed by atoms with Crippen molar-refractivity contribution in [2.45, 2.75) is 78.6 Å². The van der Waals surface area contributed by atoms with E-state index in [1.54, 1.807) is 24.3 Å². The fraction of sp³-hybridized carbons (Fsp3) is 0.424. The lowest BCUT2D eigenvalue weighted by Crippen LogP contribution is -2.16. The quantitative estimate of drug-likeness (QED) is 0.122. The third-order valence-electron chi connectivity index (χ3n) is 6.87. The molecule has 2 aromatic carbocycles. The summed E-state index contributed by atoms with van der Waals surface area (Å²) in [5.41, 5.74) is 1.45. The van der Waals surface area contributed by atoms with Crippen molar-refractivity contribution in [1.29, 1.82) is 0 Å². The molecule has 0 aromatic heterocycles. The fourth-order valence-corrected chi connectivity index (χ4v) is 4.51. The molecule has 0 heterocycles. The Balaban J connectivity index is 1.51. The standard InChI is InChI=1S/C33H39ClO6/c1-4-6-7-8-9-10-19-38-26-14-12-25(13-15-26)32(36)39-27-16-17-28(29(34)22-27)33(37)40-31-18-11-24(21-30(31)35)20-23(3)5-2/h11-18,22-23H,4-10,19-21H2,1-3H3/t23-/m0/s1. The molecule has 0 unspecified atom stereocenters. The highest BCUT2D eigenvalue weighted by Crippen LogP contribution is 2.27. The lowest BCUT2D eigenvalue weighted by atomic mass is 9.92. The zero-order valence-electron chi connectivity index (χ0n) is 23.7. The molecule has 40 heavy (non-hydrogen) atoms. The average Bonchev–Trinajstić information content (AvgIpc) is 2.94. The molecule has 2 aromatic rings. The van der Waals surface area contributed by atoms with Crippen LogP contribution in [0, 0.1) is 5.92 Å². The van der Waals surface area contributed by atoms with Crippen LogP contribution in [0.1, 0.15) is 99.3 Å². The van der Waals surface area contributed by atoms with Crippen molar-refractivity contribution in [1.82, 2.24) is 0 Å². The third-order valence-corrected chi connectivity index (χ3v) is 7.18. The van der Waals surface area contributed by atoms with Gasteiger partial charge in [-0.1, -0.05) is 82.5 Å². The number of Topliss-reactive ketones (excluding diaryl/α,β-unsaturated/α-hetero) is 1. The summed E-state index contributed by atoms with van der Waals surface area (Å²) >= 11 is 6.30. The Labute approximate surface area is 242 Å². The van der Waals surface area contributed by atoms with Gasteiger partial charge >= 0.3 is 11.9 Å². The summed E-state index contributed by atoms with van der Waals surface area (Å²) in [4.78, 5) is 37.8. The molecule has 3 rings (SSSR count). The molecule has 6 nitrogen and oxygen atoms in total. The molecule has 0 bridgehead atoms. The summed E-state index contributed by atoms with van der Waals surface area (Å²) in [5.74, 6) is -0.204. The van der Waals surface area contributed by atoms with E-state index in [9.17, 15) is 14.4 Å². The summed E-state index contributed by atoms with van der Waals surface area (Å²) in [6.45, 7) is 7.09. The molecule has 0 radical (unpaired) electrons. The van der Waals surface area contributed by atoms with Crippen molar-refractivity contribution in [3.8, 4) is 11.5 Å². The van der Waals surface area contributed by atoms with Gasteiger partial charge in [0.1, 0.15) is 11.5 Å². The van der Waals surface area contributed by atoms with Crippen LogP contribution in [-0.4, -0.2) is 24.3 Å². The molecule has 0 saturated carbocycles. The second-order valence-electron chi connectivity index (χ2n) is 10.2. The van der Waals surface area contributed by atoms with Gasteiger partial charge in [0.2, 0.25) is 5.78 Å². The van der Waals surface area contributed by atoms with Gasteiger partial charge in [-0.2, -0.15) is 0 Å². The minimum absolute atomic E-state index is 0.0103. The van der Waals surface area contributed by atoms with Crippen molar-refractivity contribution in [3.05, 3.63) is 82.1 Å². The minimum Gasteiger partial charge on any atom is -0.494 e. The van der Waals surface area contributed by atoms with Crippen molar-refractivity contribution in [3.63, 3.8) is 0 Å². The first-order valence-corrected chi connectivity index (χ1v) is 14.6. The first kappa shape index (κ1) is 31.2. The number of hydrogen-bond acceptors (Lipinski definition) is 6. The molecule has 0 fully saturated rings. The lowest BCUT2D eigenvalue weighted by molar-refractivity contribution is -0.117. The number of hydrogen-bond donors (Lipinski definition) is 0. The van der Waals surface area contributed by atoms with Crippen LogP contribution in [-0.2, 0) is 9.53 Å². The molecule has 1 atom stereocenters. The Bertz CT molecular complexity index is 1230. The zero-order valence-corrected chi connectivity index (χ0v) is 24.4. The first-order chi connectivity index (χ1) is 19.3. The molecule has 0 N–H and O–H groups in total. The van der Waals surface area contributed by atoms with Crippen LogP contribution in [0.15, 0.2) is 65.9 Å². The van der Waals surface area contributed by atoms with Gasteiger partial charge < -0.3 is 14.2 Å². The molecule has 1 aliphatic rings. The van der Waals surface area contributed by atoms with Crippen molar-refractivity contribution < 1.29 is 28.6 Å². The van der Waals surface area contributed by atoms with Crippen LogP contribution in [0.3, 0.4) is 0 Å². The van der Waals surface area contributed by atoms with Crippen molar-refractivity contribution in [2.24, 2.45) is 5.92 Å². The maximum absolute atomic E-state index is 12.7. The number of carbonyl (C=O) groups excluding carboxylic acids is 3. The SMILES string of the molecule is CCCCCCCCOc1ccc(C(=O)Oc2ccc(C(=O)OC3=CC=C(C[C@@H](C)CC)CC3=O)c(Cl)c2)cc1. The van der Waals surface area contributed by atoms with Gasteiger partial charge in [-0.25, -0.2) is 9.59 Å². The molecule has 0 spiro atoms. The monoisotopic (exact) mass is 566 g/mol. The van der Waals surface area contributed by atoms with Gasteiger partial charge in [0.25, 0.3) is 0 Å². The van der Waals surface area contributed by atoms with Gasteiger partial charge in [-0.15, -0.1) is 0 Å². The molecule has 0 amide bonds. The molecule has 214 valence electrons. The Morgan fingerprint density at radius 1 is 0.875 bits per heavy atom. The van der Waals surface area contributed by atoms with Crippen LogP contribution >= 0.6 is 11.6 Å². The van der Waals surface area contributed by atoms with E-state index in [0.29, 0.717) is 23.8 Å². The topological polar surface area (TPSA) is 78.9 Å². The van der Waals surface area contributed by atoms with Gasteiger partial charge in [-0.3, -0.25) is 4.79 Å². The Morgan fingerprint density at radius 3 is 2.25 bits per heavy atom. The highest BCUT2D eigenvalue weighted by atomic mass is 35.5. The number of esters is 2. The third kappa shape index (κ3) is 9.67. The predicted octanol–water partition coefficient (Wildman–Crippen LogP) is 8.67. The maximum Gasteiger partial charge on any atom is 0.345 e. The van der Waals surface area contributed by atoms with Crippen LogP contribution < -0.4 is 9.47 Å². The molecule has 0 aliphatic heterocycles. The number of allylic oxidation sites excluding steroid dienone is 4. The predicted molar refractivity (Wildman–Crippen MR) is 157 cm³/mol. The van der Waals surface area contributed by atoms with Crippen molar-refractivity contribution in [2.75, 3.05) is 6.61 Å². The van der Waals surface area contributed by atoms with E-state index >= 15 is 0 Å². The van der Waals surface area contributed by atoms with Gasteiger partial charge in [0.05, 0.1) is 22.8 Å². The Morgan fingerprint density at radius 2 is 1.57 bits per heavy atom. The number of benzene rings is 2. The van der Waals surface area contributed by atoms with E-state index in [1.807, 2.05) is 6.08 Å². The number of ketones is 1. The van der Waals surface area contributed by atoms with E-state index in [2.05, 4.69) is 20.8 Å². The summed E-state index contributed by atoms with van der Waals surface area (Å²) in [6.07, 6.45) is 12.6. The van der Waals surface area contributed by atoms with E-state index in [-0.39, 0.29) is 34.3 Å². The second kappa shape index (κ2) is 16.0. The largest absolute Gasteiger partial charge is 0.494 e. The van der Waals surface area contributed by atoms with Crippen LogP contribution in [0.2, 0.25) is 5.02 Å². The summed E-state index contributed by atoms with van der Waals surface area (Å²) < 4.78 is 16.5. The molecule has 0 saturated heterocycles. The number of rotatable bonds is 15.